The number of fused-ring (bicyclic) bond motifs is 1. The van der Waals surface area contributed by atoms with Gasteiger partial charge in [-0.25, -0.2) is 10.3 Å². The second kappa shape index (κ2) is 9.73. The standard InChI is InChI=1S/C27H32N4O4/c1-18(2)15-31(16-25(32)30-34)13-12-27(28,26(31)33)21-8-10-22(11-9-21)35-17-20-14-19(3)29-24-7-5-4-6-23(20)24/h4-11,14,18H,12-13,15-17,28H2,1-3H3,(H-,30,32,34)/p+1/t27?,31-/m1/s1. The number of para-hydroxylation sites is 1. The van der Waals surface area contributed by atoms with Gasteiger partial charge in [-0.3, -0.25) is 19.5 Å². The highest BCUT2D eigenvalue weighted by Gasteiger charge is 2.58. The summed E-state index contributed by atoms with van der Waals surface area (Å²) in [5.41, 5.74) is 10.7. The van der Waals surface area contributed by atoms with E-state index in [0.29, 0.717) is 37.4 Å². The Bertz CT molecular complexity index is 1240. The molecule has 1 aromatic heterocycles. The largest absolute Gasteiger partial charge is 0.489 e. The normalized spacial score (nSPS) is 22.1. The van der Waals surface area contributed by atoms with Gasteiger partial charge in [-0.15, -0.1) is 0 Å². The van der Waals surface area contributed by atoms with Gasteiger partial charge in [0.25, 0.3) is 5.91 Å². The smallest absolute Gasteiger partial charge is 0.338 e. The lowest BCUT2D eigenvalue weighted by molar-refractivity contribution is -0.842. The summed E-state index contributed by atoms with van der Waals surface area (Å²) in [4.78, 5) is 30.2. The molecule has 2 amide bonds. The number of amides is 2. The molecule has 4 rings (SSSR count). The van der Waals surface area contributed by atoms with Crippen LogP contribution in [0.3, 0.4) is 0 Å². The van der Waals surface area contributed by atoms with E-state index < -0.39 is 11.4 Å². The number of benzene rings is 2. The summed E-state index contributed by atoms with van der Waals surface area (Å²) >= 11 is 0. The zero-order valence-corrected chi connectivity index (χ0v) is 20.5. The highest BCUT2D eigenvalue weighted by molar-refractivity contribution is 5.86. The Morgan fingerprint density at radius 3 is 2.63 bits per heavy atom. The number of nitrogens with one attached hydrogen (secondary N) is 1. The summed E-state index contributed by atoms with van der Waals surface area (Å²) in [5.74, 6) is 0.0495. The number of quaternary nitrogens is 1. The second-order valence-electron chi connectivity index (χ2n) is 9.92. The number of hydrogen-bond acceptors (Lipinski definition) is 6. The Kier molecular flexibility index (Phi) is 6.89. The van der Waals surface area contributed by atoms with Crippen molar-refractivity contribution in [2.45, 2.75) is 39.3 Å². The number of nitrogens with two attached hydrogens (primary N) is 1. The average molecular weight is 478 g/mol. The highest BCUT2D eigenvalue weighted by atomic mass is 16.5. The van der Waals surface area contributed by atoms with Gasteiger partial charge < -0.3 is 10.5 Å². The van der Waals surface area contributed by atoms with Gasteiger partial charge in [0.15, 0.2) is 12.1 Å². The van der Waals surface area contributed by atoms with E-state index in [1.165, 1.54) is 0 Å². The maximum Gasteiger partial charge on any atom is 0.338 e. The Labute approximate surface area is 205 Å². The summed E-state index contributed by atoms with van der Waals surface area (Å²) in [5, 5.41) is 10.1. The van der Waals surface area contributed by atoms with Crippen LogP contribution in [0.25, 0.3) is 10.9 Å². The van der Waals surface area contributed by atoms with E-state index >= 15 is 0 Å². The van der Waals surface area contributed by atoms with Crippen LogP contribution in [0.4, 0.5) is 0 Å². The molecule has 1 saturated heterocycles. The van der Waals surface area contributed by atoms with Crippen LogP contribution in [0.2, 0.25) is 0 Å². The average Bonchev–Trinajstić information content (AvgIpc) is 3.08. The predicted molar refractivity (Wildman–Crippen MR) is 132 cm³/mol. The van der Waals surface area contributed by atoms with E-state index in [1.807, 2.05) is 75.4 Å². The number of hydrogen-bond donors (Lipinski definition) is 3. The monoisotopic (exact) mass is 477 g/mol. The predicted octanol–water partition coefficient (Wildman–Crippen LogP) is 3.18. The number of nitrogens with zero attached hydrogens (tertiary/aromatic N) is 2. The molecule has 2 aromatic carbocycles. The molecule has 4 N–H and O–H groups in total. The van der Waals surface area contributed by atoms with Crippen molar-refractivity contribution in [2.75, 3.05) is 19.6 Å². The number of aryl methyl sites for hydroxylation is 1. The Balaban J connectivity index is 1.52. The molecule has 0 bridgehead atoms. The van der Waals surface area contributed by atoms with Gasteiger partial charge >= 0.3 is 5.91 Å². The van der Waals surface area contributed by atoms with E-state index in [1.54, 1.807) is 5.48 Å². The minimum Gasteiger partial charge on any atom is -0.489 e. The minimum atomic E-state index is -1.21. The Hall–Kier alpha value is -3.33. The van der Waals surface area contributed by atoms with Crippen molar-refractivity contribution in [3.8, 4) is 5.75 Å². The number of hydroxylamine groups is 1. The highest BCUT2D eigenvalue weighted by Crippen LogP contribution is 2.37. The van der Waals surface area contributed by atoms with Crippen LogP contribution >= 0.6 is 0 Å². The first-order valence-corrected chi connectivity index (χ1v) is 11.9. The summed E-state index contributed by atoms with van der Waals surface area (Å²) in [7, 11) is 0. The van der Waals surface area contributed by atoms with Gasteiger partial charge in [-0.2, -0.15) is 0 Å². The third-order valence-corrected chi connectivity index (χ3v) is 6.73. The van der Waals surface area contributed by atoms with Crippen molar-refractivity contribution >= 4 is 22.7 Å². The quantitative estimate of drug-likeness (QED) is 0.261. The van der Waals surface area contributed by atoms with Crippen molar-refractivity contribution in [3.05, 3.63) is 71.4 Å². The molecule has 2 atom stereocenters. The van der Waals surface area contributed by atoms with Gasteiger partial charge in [-0.1, -0.05) is 44.2 Å². The molecule has 1 unspecified atom stereocenters. The SMILES string of the molecule is Cc1cc(COc2ccc(C3(N)CC[N@+](CC(=O)NO)(CC(C)C)C3=O)cc2)c2ccccc2n1. The number of aromatic nitrogens is 1. The topological polar surface area (TPSA) is 115 Å². The van der Waals surface area contributed by atoms with E-state index in [2.05, 4.69) is 4.98 Å². The lowest BCUT2D eigenvalue weighted by Crippen LogP contribution is -2.60. The van der Waals surface area contributed by atoms with Crippen molar-refractivity contribution in [1.29, 1.82) is 0 Å². The molecule has 1 aliphatic rings. The van der Waals surface area contributed by atoms with Crippen LogP contribution in [0, 0.1) is 12.8 Å². The number of pyridine rings is 1. The maximum absolute atomic E-state index is 13.6. The van der Waals surface area contributed by atoms with E-state index in [4.69, 9.17) is 15.7 Å². The Morgan fingerprint density at radius 1 is 1.23 bits per heavy atom. The van der Waals surface area contributed by atoms with Crippen molar-refractivity contribution in [1.82, 2.24) is 10.5 Å². The first-order valence-electron chi connectivity index (χ1n) is 11.9. The Morgan fingerprint density at radius 2 is 1.94 bits per heavy atom. The molecular weight excluding hydrogens is 444 g/mol. The number of carbonyl (C=O) groups excluding carboxylic acids is 2. The molecule has 35 heavy (non-hydrogen) atoms. The maximum atomic E-state index is 13.6. The zero-order valence-electron chi connectivity index (χ0n) is 20.5. The molecule has 2 heterocycles. The number of rotatable bonds is 8. The fourth-order valence-electron chi connectivity index (χ4n) is 5.21. The second-order valence-corrected chi connectivity index (χ2v) is 9.92. The molecule has 8 heteroatoms. The summed E-state index contributed by atoms with van der Waals surface area (Å²) in [6.07, 6.45) is 0.416. The van der Waals surface area contributed by atoms with Crippen LogP contribution in [0.1, 0.15) is 37.1 Å². The lowest BCUT2D eigenvalue weighted by Gasteiger charge is -2.33. The van der Waals surface area contributed by atoms with Gasteiger partial charge in [0.05, 0.1) is 18.6 Å². The lowest BCUT2D eigenvalue weighted by atomic mass is 9.89. The molecule has 0 aliphatic carbocycles. The molecule has 184 valence electrons. The van der Waals surface area contributed by atoms with Crippen molar-refractivity contribution < 1.29 is 24.0 Å². The molecular formula is C27H33N4O4+. The van der Waals surface area contributed by atoms with Crippen LogP contribution in [-0.2, 0) is 21.7 Å². The van der Waals surface area contributed by atoms with Gasteiger partial charge in [0.2, 0.25) is 0 Å². The first kappa shape index (κ1) is 24.8. The molecule has 1 aliphatic heterocycles. The van der Waals surface area contributed by atoms with Gasteiger partial charge in [0.1, 0.15) is 12.4 Å². The van der Waals surface area contributed by atoms with Crippen LogP contribution in [0.5, 0.6) is 5.75 Å². The number of likely N-dealkylation sites (tertiary alicyclic amines) is 1. The van der Waals surface area contributed by atoms with E-state index in [0.717, 1.165) is 22.2 Å². The van der Waals surface area contributed by atoms with E-state index in [-0.39, 0.29) is 22.9 Å². The van der Waals surface area contributed by atoms with E-state index in [9.17, 15) is 9.59 Å². The van der Waals surface area contributed by atoms with Crippen LogP contribution in [0.15, 0.2) is 54.6 Å². The molecule has 0 radical (unpaired) electrons. The summed E-state index contributed by atoms with van der Waals surface area (Å²) in [6, 6.07) is 17.3. The fourth-order valence-corrected chi connectivity index (χ4v) is 5.21. The zero-order chi connectivity index (χ0) is 25.2. The third-order valence-electron chi connectivity index (χ3n) is 6.73. The van der Waals surface area contributed by atoms with Gasteiger partial charge in [-0.05, 0) is 36.8 Å². The number of ether oxygens (including phenoxy) is 1. The summed E-state index contributed by atoms with van der Waals surface area (Å²) in [6.45, 7) is 7.14. The third kappa shape index (κ3) is 4.91. The van der Waals surface area contributed by atoms with Crippen molar-refractivity contribution in [3.63, 3.8) is 0 Å². The fraction of sp³-hybridized carbons (Fsp3) is 0.370. The molecule has 0 saturated carbocycles. The van der Waals surface area contributed by atoms with Crippen LogP contribution < -0.4 is 16.0 Å². The molecule has 0 spiro atoms. The molecule has 8 nitrogen and oxygen atoms in total. The van der Waals surface area contributed by atoms with Crippen LogP contribution in [-0.4, -0.2) is 46.1 Å². The first-order chi connectivity index (χ1) is 16.7. The van der Waals surface area contributed by atoms with Gasteiger partial charge in [0, 0.05) is 29.0 Å². The minimum absolute atomic E-state index is 0.0761. The molecule has 3 aromatic rings. The summed E-state index contributed by atoms with van der Waals surface area (Å²) < 4.78 is 5.98. The molecule has 1 fully saturated rings. The van der Waals surface area contributed by atoms with Crippen molar-refractivity contribution in [2.24, 2.45) is 11.7 Å². The number of carbonyl (C=O) groups is 2.